The number of anilines is 1. The van der Waals surface area contributed by atoms with Crippen LogP contribution in [0.5, 0.6) is 5.75 Å². The first kappa shape index (κ1) is 18.6. The summed E-state index contributed by atoms with van der Waals surface area (Å²) >= 11 is 0. The largest absolute Gasteiger partial charge is 0.497 e. The Bertz CT molecular complexity index is 878. The number of rotatable bonds is 5. The molecule has 1 heterocycles. The third kappa shape index (κ3) is 5.13. The third-order valence-corrected chi connectivity index (χ3v) is 3.23. The molecule has 2 aromatic carbocycles. The lowest BCUT2D eigenvalue weighted by atomic mass is 10.2. The number of carbonyl (C=O) groups excluding carboxylic acids is 1. The summed E-state index contributed by atoms with van der Waals surface area (Å²) in [5.41, 5.74) is 12.7. The van der Waals surface area contributed by atoms with Crippen molar-refractivity contribution in [2.75, 3.05) is 12.8 Å². The maximum Gasteiger partial charge on any atom is 0.241 e. The lowest BCUT2D eigenvalue weighted by Crippen LogP contribution is -2.20. The summed E-state index contributed by atoms with van der Waals surface area (Å²) < 4.78 is 4.94. The molecule has 134 valence electrons. The minimum Gasteiger partial charge on any atom is -0.497 e. The zero-order chi connectivity index (χ0) is 18.9. The number of carbonyl (C=O) groups is 1. The molecule has 0 aliphatic rings. The van der Waals surface area contributed by atoms with Gasteiger partial charge in [-0.25, -0.2) is 0 Å². The minimum absolute atomic E-state index is 0.0557. The molecule has 0 aliphatic carbocycles. The maximum atomic E-state index is 10.6. The van der Waals surface area contributed by atoms with Gasteiger partial charge < -0.3 is 21.6 Å². The van der Waals surface area contributed by atoms with Crippen LogP contribution in [0.2, 0.25) is 0 Å². The maximum absolute atomic E-state index is 10.6. The molecule has 0 spiro atoms. The zero-order valence-electron chi connectivity index (χ0n) is 14.2. The van der Waals surface area contributed by atoms with Crippen LogP contribution in [0.15, 0.2) is 48.5 Å². The van der Waals surface area contributed by atoms with E-state index in [-0.39, 0.29) is 6.54 Å². The van der Waals surface area contributed by atoms with E-state index >= 15 is 0 Å². The van der Waals surface area contributed by atoms with E-state index in [0.29, 0.717) is 22.8 Å². The Labute approximate surface area is 150 Å². The van der Waals surface area contributed by atoms with Crippen LogP contribution < -0.4 is 16.2 Å². The predicted molar refractivity (Wildman–Crippen MR) is 97.7 cm³/mol. The molecule has 9 heteroatoms. The third-order valence-electron chi connectivity index (χ3n) is 3.23. The molecular formula is C17H19N7O2. The second kappa shape index (κ2) is 8.92. The highest BCUT2D eigenvalue weighted by atomic mass is 16.5. The van der Waals surface area contributed by atoms with Crippen LogP contribution in [0.25, 0.3) is 11.4 Å². The van der Waals surface area contributed by atoms with Gasteiger partial charge in [-0.15, -0.1) is 10.2 Å². The van der Waals surface area contributed by atoms with Gasteiger partial charge in [-0.1, -0.05) is 30.3 Å². The van der Waals surface area contributed by atoms with Gasteiger partial charge in [-0.05, 0) is 17.3 Å². The second-order valence-corrected chi connectivity index (χ2v) is 5.11. The number of methoxy groups -OCH3 is 1. The Morgan fingerprint density at radius 1 is 1.27 bits per heavy atom. The van der Waals surface area contributed by atoms with E-state index in [9.17, 15) is 4.79 Å². The topological polar surface area (TPSA) is 146 Å². The van der Waals surface area contributed by atoms with Gasteiger partial charge in [0.05, 0.1) is 7.11 Å². The van der Waals surface area contributed by atoms with Gasteiger partial charge >= 0.3 is 0 Å². The predicted octanol–water partition coefficient (Wildman–Crippen LogP) is 1.10. The van der Waals surface area contributed by atoms with E-state index in [2.05, 4.69) is 15.4 Å². The molecule has 26 heavy (non-hydrogen) atoms. The lowest BCUT2D eigenvalue weighted by molar-refractivity contribution is -0.118. The van der Waals surface area contributed by atoms with Crippen LogP contribution in [0.4, 0.5) is 5.69 Å². The quantitative estimate of drug-likeness (QED) is 0.462. The van der Waals surface area contributed by atoms with Crippen LogP contribution in [0.3, 0.4) is 0 Å². The SMILES string of the molecule is COc1ccc(C=N)c(N)c1.NC(=O)Cn1nnc(-c2ccccc2)n1. The number of tetrazole rings is 1. The number of amides is 1. The van der Waals surface area contributed by atoms with Crippen LogP contribution in [0, 0.1) is 5.41 Å². The van der Waals surface area contributed by atoms with Crippen molar-refractivity contribution in [1.29, 1.82) is 5.41 Å². The summed E-state index contributed by atoms with van der Waals surface area (Å²) in [5.74, 6) is 0.706. The molecule has 0 fully saturated rings. The summed E-state index contributed by atoms with van der Waals surface area (Å²) in [6.07, 6.45) is 1.22. The summed E-state index contributed by atoms with van der Waals surface area (Å²) in [6.45, 7) is -0.0557. The first-order valence-corrected chi connectivity index (χ1v) is 7.59. The van der Waals surface area contributed by atoms with E-state index in [1.54, 1.807) is 25.3 Å². The molecule has 9 nitrogen and oxygen atoms in total. The molecule has 5 N–H and O–H groups in total. The number of nitrogen functional groups attached to an aromatic ring is 1. The Balaban J connectivity index is 0.000000197. The molecule has 0 unspecified atom stereocenters. The number of benzene rings is 2. The fraction of sp³-hybridized carbons (Fsp3) is 0.118. The molecule has 1 amide bonds. The van der Waals surface area contributed by atoms with Gasteiger partial charge in [0.1, 0.15) is 12.3 Å². The summed E-state index contributed by atoms with van der Waals surface area (Å²) in [7, 11) is 1.58. The standard InChI is InChI=1S/C9H9N5O.C8H10N2O/c10-8(15)6-14-12-9(11-13-14)7-4-2-1-3-5-7;1-11-7-3-2-6(5-9)8(10)4-7/h1-5H,6H2,(H2,10,15);2-5,9H,10H2,1H3. The second-order valence-electron chi connectivity index (χ2n) is 5.11. The fourth-order valence-corrected chi connectivity index (χ4v) is 1.96. The highest BCUT2D eigenvalue weighted by Gasteiger charge is 2.06. The first-order valence-electron chi connectivity index (χ1n) is 7.59. The fourth-order valence-electron chi connectivity index (χ4n) is 1.96. The Kier molecular flexibility index (Phi) is 6.38. The van der Waals surface area contributed by atoms with E-state index in [4.69, 9.17) is 21.6 Å². The monoisotopic (exact) mass is 353 g/mol. The summed E-state index contributed by atoms with van der Waals surface area (Å²) in [4.78, 5) is 11.8. The van der Waals surface area contributed by atoms with Crippen LogP contribution in [-0.4, -0.2) is 39.4 Å². The van der Waals surface area contributed by atoms with Crippen molar-refractivity contribution in [2.24, 2.45) is 5.73 Å². The van der Waals surface area contributed by atoms with Crippen molar-refractivity contribution in [3.63, 3.8) is 0 Å². The van der Waals surface area contributed by atoms with Crippen LogP contribution in [0.1, 0.15) is 5.56 Å². The van der Waals surface area contributed by atoms with E-state index < -0.39 is 5.91 Å². The molecule has 0 aliphatic heterocycles. The molecule has 0 radical (unpaired) electrons. The average Bonchev–Trinajstić information content (AvgIpc) is 3.10. The molecule has 0 bridgehead atoms. The summed E-state index contributed by atoms with van der Waals surface area (Å²) in [6, 6.07) is 14.6. The smallest absolute Gasteiger partial charge is 0.241 e. The van der Waals surface area contributed by atoms with Crippen molar-refractivity contribution in [2.45, 2.75) is 6.54 Å². The molecule has 0 saturated carbocycles. The lowest BCUT2D eigenvalue weighted by Gasteiger charge is -2.02. The molecule has 1 aromatic heterocycles. The number of aromatic nitrogens is 4. The van der Waals surface area contributed by atoms with E-state index in [1.165, 1.54) is 11.0 Å². The minimum atomic E-state index is -0.494. The Morgan fingerprint density at radius 2 is 2.00 bits per heavy atom. The van der Waals surface area contributed by atoms with Gasteiger partial charge in [0.2, 0.25) is 11.7 Å². The number of nitrogens with one attached hydrogen (secondary N) is 1. The molecule has 3 aromatic rings. The van der Waals surface area contributed by atoms with Gasteiger partial charge in [0.25, 0.3) is 0 Å². The number of primary amides is 1. The van der Waals surface area contributed by atoms with Crippen molar-refractivity contribution in [1.82, 2.24) is 20.2 Å². The Morgan fingerprint density at radius 3 is 2.58 bits per heavy atom. The van der Waals surface area contributed by atoms with Crippen molar-refractivity contribution in [3.8, 4) is 17.1 Å². The number of nitrogens with two attached hydrogens (primary N) is 2. The molecule has 0 saturated heterocycles. The van der Waals surface area contributed by atoms with E-state index in [0.717, 1.165) is 5.56 Å². The molecule has 3 rings (SSSR count). The molecular weight excluding hydrogens is 334 g/mol. The number of nitrogens with zero attached hydrogens (tertiary/aromatic N) is 4. The highest BCUT2D eigenvalue weighted by molar-refractivity contribution is 5.85. The van der Waals surface area contributed by atoms with Gasteiger partial charge in [0.15, 0.2) is 0 Å². The van der Waals surface area contributed by atoms with Gasteiger partial charge in [-0.3, -0.25) is 4.79 Å². The van der Waals surface area contributed by atoms with Crippen molar-refractivity contribution >= 4 is 17.8 Å². The zero-order valence-corrected chi connectivity index (χ0v) is 14.2. The first-order chi connectivity index (χ1) is 12.5. The van der Waals surface area contributed by atoms with Crippen molar-refractivity contribution < 1.29 is 9.53 Å². The normalized spacial score (nSPS) is 9.73. The average molecular weight is 353 g/mol. The Hall–Kier alpha value is -3.75. The summed E-state index contributed by atoms with van der Waals surface area (Å²) in [5, 5.41) is 18.5. The van der Waals surface area contributed by atoms with Crippen molar-refractivity contribution in [3.05, 3.63) is 54.1 Å². The van der Waals surface area contributed by atoms with Gasteiger partial charge in [0, 0.05) is 29.1 Å². The molecule has 0 atom stereocenters. The number of ether oxygens (including phenoxy) is 1. The van der Waals surface area contributed by atoms with Crippen LogP contribution in [-0.2, 0) is 11.3 Å². The van der Waals surface area contributed by atoms with Gasteiger partial charge in [-0.2, -0.15) is 4.80 Å². The number of hydrogen-bond acceptors (Lipinski definition) is 7. The van der Waals surface area contributed by atoms with E-state index in [1.807, 2.05) is 30.3 Å². The number of hydrogen-bond donors (Lipinski definition) is 3. The van der Waals surface area contributed by atoms with Crippen LogP contribution >= 0.6 is 0 Å². The highest BCUT2D eigenvalue weighted by Crippen LogP contribution is 2.17.